The van der Waals surface area contributed by atoms with E-state index in [0.29, 0.717) is 3.57 Å². The third kappa shape index (κ3) is 3.65. The molecule has 100 valence electrons. The van der Waals surface area contributed by atoms with Gasteiger partial charge in [0.05, 0.1) is 9.26 Å². The summed E-state index contributed by atoms with van der Waals surface area (Å²) in [5, 5.41) is 0. The summed E-state index contributed by atoms with van der Waals surface area (Å²) in [6.45, 7) is 4.12. The van der Waals surface area contributed by atoms with Gasteiger partial charge >= 0.3 is 0 Å². The van der Waals surface area contributed by atoms with Gasteiger partial charge in [0.15, 0.2) is 0 Å². The van der Waals surface area contributed by atoms with Crippen molar-refractivity contribution in [3.05, 3.63) is 61.3 Å². The van der Waals surface area contributed by atoms with Crippen LogP contribution in [-0.2, 0) is 12.8 Å². The molecule has 3 nitrogen and oxygen atoms in total. The fourth-order valence-corrected chi connectivity index (χ4v) is 2.81. The number of hydrogen-bond donors (Lipinski definition) is 1. The predicted molar refractivity (Wildman–Crippen MR) is 85.5 cm³/mol. The monoisotopic (exact) mass is 368 g/mol. The molecule has 1 aromatic carbocycles. The molecular weight excluding hydrogens is 351 g/mol. The van der Waals surface area contributed by atoms with Gasteiger partial charge in [0, 0.05) is 6.42 Å². The lowest BCUT2D eigenvalue weighted by Gasteiger charge is -2.09. The molecule has 2 aromatic rings. The summed E-state index contributed by atoms with van der Waals surface area (Å²) in [5.41, 5.74) is 2.13. The summed E-state index contributed by atoms with van der Waals surface area (Å²) >= 11 is 2.07. The molecule has 0 aliphatic rings. The van der Waals surface area contributed by atoms with Crippen molar-refractivity contribution < 1.29 is 0 Å². The standard InChI is InChI=1S/C15H17IN2O/c1-10(2)14-13(16)15(19)18-12(17-14)9-8-11-6-4-3-5-7-11/h3-7,10H,8-9H2,1-2H3,(H,17,18,19). The lowest BCUT2D eigenvalue weighted by molar-refractivity contribution is 0.754. The highest BCUT2D eigenvalue weighted by atomic mass is 127. The highest BCUT2D eigenvalue weighted by Crippen LogP contribution is 2.16. The minimum Gasteiger partial charge on any atom is -0.310 e. The Morgan fingerprint density at radius 2 is 1.89 bits per heavy atom. The Bertz CT molecular complexity index is 605. The molecule has 0 aliphatic heterocycles. The van der Waals surface area contributed by atoms with Crippen LogP contribution in [0, 0.1) is 3.57 Å². The van der Waals surface area contributed by atoms with Gasteiger partial charge in [-0.25, -0.2) is 4.98 Å². The van der Waals surface area contributed by atoms with Crippen molar-refractivity contribution in [2.45, 2.75) is 32.6 Å². The van der Waals surface area contributed by atoms with Gasteiger partial charge in [-0.2, -0.15) is 0 Å². The van der Waals surface area contributed by atoms with Crippen LogP contribution in [0.25, 0.3) is 0 Å². The van der Waals surface area contributed by atoms with Gasteiger partial charge in [0.25, 0.3) is 5.56 Å². The number of halogens is 1. The van der Waals surface area contributed by atoms with E-state index in [0.717, 1.165) is 24.4 Å². The lowest BCUT2D eigenvalue weighted by atomic mass is 10.1. The lowest BCUT2D eigenvalue weighted by Crippen LogP contribution is -2.19. The maximum atomic E-state index is 11.9. The van der Waals surface area contributed by atoms with Crippen molar-refractivity contribution in [2.75, 3.05) is 0 Å². The first-order valence-electron chi connectivity index (χ1n) is 6.40. The number of aryl methyl sites for hydroxylation is 2. The average Bonchev–Trinajstić information content (AvgIpc) is 2.41. The Balaban J connectivity index is 2.20. The van der Waals surface area contributed by atoms with Crippen LogP contribution in [-0.4, -0.2) is 9.97 Å². The predicted octanol–water partition coefficient (Wildman–Crippen LogP) is 3.28. The second-order valence-corrected chi connectivity index (χ2v) is 5.93. The summed E-state index contributed by atoms with van der Waals surface area (Å²) < 4.78 is 0.705. The Labute approximate surface area is 126 Å². The molecule has 1 aromatic heterocycles. The summed E-state index contributed by atoms with van der Waals surface area (Å²) in [7, 11) is 0. The van der Waals surface area contributed by atoms with Crippen molar-refractivity contribution in [3.63, 3.8) is 0 Å². The van der Waals surface area contributed by atoms with Crippen LogP contribution in [0.5, 0.6) is 0 Å². The van der Waals surface area contributed by atoms with Gasteiger partial charge in [-0.05, 0) is 40.5 Å². The molecule has 0 fully saturated rings. The molecule has 4 heteroatoms. The number of rotatable bonds is 4. The third-order valence-corrected chi connectivity index (χ3v) is 4.02. The van der Waals surface area contributed by atoms with Crippen molar-refractivity contribution in [3.8, 4) is 0 Å². The first-order chi connectivity index (χ1) is 9.08. The quantitative estimate of drug-likeness (QED) is 0.842. The van der Waals surface area contributed by atoms with Crippen LogP contribution in [0.2, 0.25) is 0 Å². The van der Waals surface area contributed by atoms with E-state index in [4.69, 9.17) is 0 Å². The first-order valence-corrected chi connectivity index (χ1v) is 7.48. The second kappa shape index (κ2) is 6.32. The summed E-state index contributed by atoms with van der Waals surface area (Å²) in [6, 6.07) is 10.2. The Hall–Kier alpha value is -1.17. The van der Waals surface area contributed by atoms with Crippen molar-refractivity contribution >= 4 is 22.6 Å². The molecular formula is C15H17IN2O. The molecule has 0 atom stereocenters. The molecule has 19 heavy (non-hydrogen) atoms. The smallest absolute Gasteiger partial charge is 0.264 e. The molecule has 0 saturated heterocycles. The third-order valence-electron chi connectivity index (χ3n) is 2.98. The normalized spacial score (nSPS) is 10.9. The van der Waals surface area contributed by atoms with E-state index in [1.807, 2.05) is 18.2 Å². The molecule has 1 N–H and O–H groups in total. The number of nitrogens with one attached hydrogen (secondary N) is 1. The summed E-state index contributed by atoms with van der Waals surface area (Å²) in [5.74, 6) is 1.04. The molecule has 0 saturated carbocycles. The van der Waals surface area contributed by atoms with E-state index in [2.05, 4.69) is 58.5 Å². The summed E-state index contributed by atoms with van der Waals surface area (Å²) in [4.78, 5) is 19.3. The van der Waals surface area contributed by atoms with Gasteiger partial charge in [-0.15, -0.1) is 0 Å². The maximum absolute atomic E-state index is 11.9. The zero-order valence-electron chi connectivity index (χ0n) is 11.1. The average molecular weight is 368 g/mol. The van der Waals surface area contributed by atoms with E-state index in [-0.39, 0.29) is 11.5 Å². The molecule has 0 bridgehead atoms. The Morgan fingerprint density at radius 1 is 1.21 bits per heavy atom. The maximum Gasteiger partial charge on any atom is 0.264 e. The topological polar surface area (TPSA) is 45.8 Å². The van der Waals surface area contributed by atoms with Gasteiger partial charge in [0.2, 0.25) is 0 Å². The van der Waals surface area contributed by atoms with E-state index >= 15 is 0 Å². The molecule has 0 amide bonds. The fraction of sp³-hybridized carbons (Fsp3) is 0.333. The zero-order chi connectivity index (χ0) is 13.8. The number of nitrogens with zero attached hydrogens (tertiary/aromatic N) is 1. The van der Waals surface area contributed by atoms with E-state index in [1.54, 1.807) is 0 Å². The van der Waals surface area contributed by atoms with Gasteiger partial charge in [-0.1, -0.05) is 44.2 Å². The number of H-pyrrole nitrogens is 1. The highest BCUT2D eigenvalue weighted by molar-refractivity contribution is 14.1. The van der Waals surface area contributed by atoms with Gasteiger partial charge < -0.3 is 4.98 Å². The molecule has 0 aliphatic carbocycles. The van der Waals surface area contributed by atoms with Crippen LogP contribution < -0.4 is 5.56 Å². The first kappa shape index (κ1) is 14.2. The SMILES string of the molecule is CC(C)c1nc(CCc2ccccc2)[nH]c(=O)c1I. The molecule has 0 radical (unpaired) electrons. The molecule has 2 rings (SSSR count). The van der Waals surface area contributed by atoms with Crippen LogP contribution in [0.15, 0.2) is 35.1 Å². The highest BCUT2D eigenvalue weighted by Gasteiger charge is 2.11. The number of aromatic amines is 1. The Morgan fingerprint density at radius 3 is 2.53 bits per heavy atom. The van der Waals surface area contributed by atoms with Gasteiger partial charge in [0.1, 0.15) is 5.82 Å². The second-order valence-electron chi connectivity index (χ2n) is 4.85. The van der Waals surface area contributed by atoms with Crippen LogP contribution >= 0.6 is 22.6 Å². The van der Waals surface area contributed by atoms with E-state index < -0.39 is 0 Å². The largest absolute Gasteiger partial charge is 0.310 e. The van der Waals surface area contributed by atoms with Crippen molar-refractivity contribution in [1.29, 1.82) is 0 Å². The van der Waals surface area contributed by atoms with E-state index in [9.17, 15) is 4.79 Å². The van der Waals surface area contributed by atoms with Crippen molar-refractivity contribution in [1.82, 2.24) is 9.97 Å². The molecule has 0 spiro atoms. The van der Waals surface area contributed by atoms with E-state index in [1.165, 1.54) is 5.56 Å². The number of aromatic nitrogens is 2. The van der Waals surface area contributed by atoms with Gasteiger partial charge in [-0.3, -0.25) is 4.79 Å². The zero-order valence-corrected chi connectivity index (χ0v) is 13.3. The summed E-state index contributed by atoms with van der Waals surface area (Å²) in [6.07, 6.45) is 1.65. The molecule has 0 unspecified atom stereocenters. The fourth-order valence-electron chi connectivity index (χ4n) is 1.93. The minimum atomic E-state index is -0.0256. The Kier molecular flexibility index (Phi) is 4.74. The van der Waals surface area contributed by atoms with Crippen LogP contribution in [0.3, 0.4) is 0 Å². The number of benzene rings is 1. The molecule has 1 heterocycles. The van der Waals surface area contributed by atoms with Crippen LogP contribution in [0.1, 0.15) is 36.8 Å². The van der Waals surface area contributed by atoms with Crippen LogP contribution in [0.4, 0.5) is 0 Å². The minimum absolute atomic E-state index is 0.0256. The van der Waals surface area contributed by atoms with Crippen molar-refractivity contribution in [2.24, 2.45) is 0 Å². The number of hydrogen-bond acceptors (Lipinski definition) is 2.